The SMILES string of the molecule is C[C@@H]1C[C@@H](C(=O)NCc2cc3cnc(N)cc3s2)n2c1ncc(NC(=O)[C@@H]1CCCN(c3ccccn3)C1)c2=O. The van der Waals surface area contributed by atoms with Gasteiger partial charge in [-0.3, -0.25) is 19.0 Å². The molecule has 2 amide bonds. The lowest BCUT2D eigenvalue weighted by Crippen LogP contribution is -2.42. The summed E-state index contributed by atoms with van der Waals surface area (Å²) in [4.78, 5) is 56.1. The number of carbonyl (C=O) groups excluding carboxylic acids is 2. The number of aromatic nitrogens is 4. The molecule has 0 radical (unpaired) electrons. The molecule has 12 heteroatoms. The van der Waals surface area contributed by atoms with Crippen LogP contribution in [0.3, 0.4) is 0 Å². The number of nitrogens with zero attached hydrogens (tertiary/aromatic N) is 5. The number of thiophene rings is 1. The van der Waals surface area contributed by atoms with E-state index in [2.05, 4.69) is 30.5 Å². The summed E-state index contributed by atoms with van der Waals surface area (Å²) in [5.41, 5.74) is 5.46. The van der Waals surface area contributed by atoms with Gasteiger partial charge in [0.15, 0.2) is 0 Å². The first kappa shape index (κ1) is 25.9. The molecule has 11 nitrogen and oxygen atoms in total. The second-order valence-corrected chi connectivity index (χ2v) is 11.6. The Kier molecular flexibility index (Phi) is 6.93. The minimum Gasteiger partial charge on any atom is -0.384 e. The first-order valence-electron chi connectivity index (χ1n) is 13.4. The number of pyridine rings is 2. The zero-order valence-electron chi connectivity index (χ0n) is 22.0. The van der Waals surface area contributed by atoms with Crippen LogP contribution < -0.4 is 26.8 Å². The normalized spacial score (nSPS) is 20.3. The van der Waals surface area contributed by atoms with Crippen molar-refractivity contribution in [3.8, 4) is 0 Å². The predicted molar refractivity (Wildman–Crippen MR) is 154 cm³/mol. The summed E-state index contributed by atoms with van der Waals surface area (Å²) in [5, 5.41) is 6.74. The molecular weight excluding hydrogens is 528 g/mol. The molecule has 1 fully saturated rings. The summed E-state index contributed by atoms with van der Waals surface area (Å²) >= 11 is 1.54. The molecule has 206 valence electrons. The van der Waals surface area contributed by atoms with Crippen LogP contribution in [0.15, 0.2) is 53.7 Å². The molecule has 2 aliphatic heterocycles. The second-order valence-electron chi connectivity index (χ2n) is 10.4. The zero-order chi connectivity index (χ0) is 27.8. The van der Waals surface area contributed by atoms with Gasteiger partial charge in [-0.05, 0) is 43.5 Å². The number of hydrogen-bond donors (Lipinski definition) is 3. The fraction of sp³-hybridized carbons (Fsp3) is 0.357. The van der Waals surface area contributed by atoms with Crippen molar-refractivity contribution in [3.63, 3.8) is 0 Å². The van der Waals surface area contributed by atoms with E-state index in [1.807, 2.05) is 37.3 Å². The van der Waals surface area contributed by atoms with Crippen molar-refractivity contribution in [1.29, 1.82) is 0 Å². The standard InChI is InChI=1S/C28H30N8O3S/c1-16-9-21(27(38)33-13-19-10-18-12-31-23(29)11-22(18)40-19)36-25(16)32-14-20(28(36)39)34-26(37)17-5-4-8-35(15-17)24-6-2-3-7-30-24/h2-3,6-7,10-12,14,16-17,21H,4-5,8-9,13,15H2,1H3,(H2,29,31)(H,33,38)(H,34,37)/t16-,17-,21+/m1/s1. The average molecular weight is 559 g/mol. The Balaban J connectivity index is 1.16. The quantitative estimate of drug-likeness (QED) is 0.327. The van der Waals surface area contributed by atoms with Crippen molar-refractivity contribution in [2.45, 2.75) is 44.7 Å². The number of piperidine rings is 1. The first-order valence-corrected chi connectivity index (χ1v) is 14.2. The smallest absolute Gasteiger partial charge is 0.278 e. The largest absolute Gasteiger partial charge is 0.384 e. The van der Waals surface area contributed by atoms with Crippen LogP contribution in [0.4, 0.5) is 17.3 Å². The molecule has 4 aromatic rings. The summed E-state index contributed by atoms with van der Waals surface area (Å²) < 4.78 is 2.44. The van der Waals surface area contributed by atoms with Crippen LogP contribution in [0.2, 0.25) is 0 Å². The van der Waals surface area contributed by atoms with E-state index in [1.54, 1.807) is 12.4 Å². The van der Waals surface area contributed by atoms with E-state index in [0.29, 0.717) is 31.2 Å². The molecule has 0 spiro atoms. The fourth-order valence-electron chi connectivity index (χ4n) is 5.56. The van der Waals surface area contributed by atoms with Crippen molar-refractivity contribution in [2.24, 2.45) is 5.92 Å². The van der Waals surface area contributed by atoms with E-state index in [1.165, 1.54) is 22.1 Å². The third-order valence-electron chi connectivity index (χ3n) is 7.59. The molecule has 1 saturated heterocycles. The van der Waals surface area contributed by atoms with E-state index < -0.39 is 11.6 Å². The molecule has 0 unspecified atom stereocenters. The minimum absolute atomic E-state index is 0.0724. The van der Waals surface area contributed by atoms with Gasteiger partial charge < -0.3 is 21.3 Å². The van der Waals surface area contributed by atoms with Gasteiger partial charge in [-0.25, -0.2) is 15.0 Å². The molecule has 0 saturated carbocycles. The number of rotatable bonds is 6. The van der Waals surface area contributed by atoms with Crippen molar-refractivity contribution in [1.82, 2.24) is 24.8 Å². The number of anilines is 3. The number of hydrogen-bond acceptors (Lipinski definition) is 9. The van der Waals surface area contributed by atoms with Gasteiger partial charge in [-0.15, -0.1) is 11.3 Å². The maximum Gasteiger partial charge on any atom is 0.278 e. The van der Waals surface area contributed by atoms with Gasteiger partial charge in [0.2, 0.25) is 11.8 Å². The highest BCUT2D eigenvalue weighted by atomic mass is 32.1. The maximum atomic E-state index is 13.5. The molecule has 4 aromatic heterocycles. The number of amides is 2. The number of carbonyl (C=O) groups is 2. The highest BCUT2D eigenvalue weighted by Gasteiger charge is 2.36. The summed E-state index contributed by atoms with van der Waals surface area (Å²) in [6.07, 6.45) is 6.89. The van der Waals surface area contributed by atoms with E-state index in [0.717, 1.165) is 40.2 Å². The molecule has 6 heterocycles. The third kappa shape index (κ3) is 5.02. The monoisotopic (exact) mass is 558 g/mol. The summed E-state index contributed by atoms with van der Waals surface area (Å²) in [6.45, 7) is 3.61. The Hall–Kier alpha value is -4.32. The Bertz CT molecular complexity index is 1640. The molecule has 4 N–H and O–H groups in total. The number of nitrogens with two attached hydrogens (primary N) is 1. The number of nitrogen functional groups attached to an aromatic ring is 1. The predicted octanol–water partition coefficient (Wildman–Crippen LogP) is 3.05. The lowest BCUT2D eigenvalue weighted by Gasteiger charge is -2.32. The van der Waals surface area contributed by atoms with Gasteiger partial charge in [0.05, 0.1) is 18.7 Å². The Morgan fingerprint density at radius 1 is 1.15 bits per heavy atom. The van der Waals surface area contributed by atoms with Crippen LogP contribution in [0.1, 0.15) is 48.8 Å². The molecule has 0 bridgehead atoms. The molecule has 0 aliphatic carbocycles. The van der Waals surface area contributed by atoms with Crippen molar-refractivity contribution >= 4 is 50.6 Å². The number of nitrogens with one attached hydrogen (secondary N) is 2. The first-order chi connectivity index (χ1) is 19.4. The summed E-state index contributed by atoms with van der Waals surface area (Å²) in [5.74, 6) is 0.975. The van der Waals surface area contributed by atoms with Gasteiger partial charge in [-0.2, -0.15) is 0 Å². The van der Waals surface area contributed by atoms with Gasteiger partial charge in [0, 0.05) is 46.4 Å². The summed E-state index contributed by atoms with van der Waals surface area (Å²) in [7, 11) is 0. The van der Waals surface area contributed by atoms with Crippen LogP contribution in [0.25, 0.3) is 10.1 Å². The molecule has 40 heavy (non-hydrogen) atoms. The zero-order valence-corrected chi connectivity index (χ0v) is 22.9. The molecule has 6 rings (SSSR count). The second kappa shape index (κ2) is 10.7. The Morgan fingerprint density at radius 3 is 2.85 bits per heavy atom. The van der Waals surface area contributed by atoms with Crippen LogP contribution in [0.5, 0.6) is 0 Å². The molecular formula is C28H30N8O3S. The van der Waals surface area contributed by atoms with E-state index in [4.69, 9.17) is 5.73 Å². The van der Waals surface area contributed by atoms with Crippen LogP contribution in [0, 0.1) is 5.92 Å². The topological polar surface area (TPSA) is 148 Å². The van der Waals surface area contributed by atoms with E-state index >= 15 is 0 Å². The average Bonchev–Trinajstić information content (AvgIpc) is 3.54. The van der Waals surface area contributed by atoms with Crippen LogP contribution >= 0.6 is 11.3 Å². The number of fused-ring (bicyclic) bond motifs is 2. The maximum absolute atomic E-state index is 13.5. The van der Waals surface area contributed by atoms with Crippen molar-refractivity contribution < 1.29 is 9.59 Å². The Labute approximate surface area is 234 Å². The Morgan fingerprint density at radius 2 is 2.02 bits per heavy atom. The van der Waals surface area contributed by atoms with E-state index in [9.17, 15) is 14.4 Å². The van der Waals surface area contributed by atoms with Crippen molar-refractivity contribution in [3.05, 3.63) is 70.0 Å². The highest BCUT2D eigenvalue weighted by molar-refractivity contribution is 7.19. The lowest BCUT2D eigenvalue weighted by molar-refractivity contribution is -0.124. The molecule has 3 atom stereocenters. The van der Waals surface area contributed by atoms with Gasteiger partial charge in [0.1, 0.15) is 29.2 Å². The van der Waals surface area contributed by atoms with Gasteiger partial charge >= 0.3 is 0 Å². The minimum atomic E-state index is -0.706. The molecule has 0 aromatic carbocycles. The fourth-order valence-corrected chi connectivity index (χ4v) is 6.58. The van der Waals surface area contributed by atoms with Gasteiger partial charge in [0.25, 0.3) is 5.56 Å². The lowest BCUT2D eigenvalue weighted by atomic mass is 9.97. The van der Waals surface area contributed by atoms with Crippen molar-refractivity contribution in [2.75, 3.05) is 29.0 Å². The third-order valence-corrected chi connectivity index (χ3v) is 8.69. The van der Waals surface area contributed by atoms with E-state index in [-0.39, 0.29) is 29.3 Å². The van der Waals surface area contributed by atoms with Crippen LogP contribution in [-0.2, 0) is 16.1 Å². The summed E-state index contributed by atoms with van der Waals surface area (Å²) in [6, 6.07) is 8.79. The van der Waals surface area contributed by atoms with Crippen LogP contribution in [-0.4, -0.2) is 44.4 Å². The molecule has 2 aliphatic rings. The highest BCUT2D eigenvalue weighted by Crippen LogP contribution is 2.34. The van der Waals surface area contributed by atoms with Gasteiger partial charge in [-0.1, -0.05) is 13.0 Å².